The van der Waals surface area contributed by atoms with Gasteiger partial charge >= 0.3 is 0 Å². The minimum absolute atomic E-state index is 0.319. The highest BCUT2D eigenvalue weighted by molar-refractivity contribution is 7.99. The molecule has 1 aromatic carbocycles. The van der Waals surface area contributed by atoms with Crippen LogP contribution in [0.5, 0.6) is 11.5 Å². The minimum Gasteiger partial charge on any atom is -0.497 e. The molecule has 0 radical (unpaired) electrons. The maximum Gasteiger partial charge on any atom is 0.128 e. The number of benzene rings is 1. The monoisotopic (exact) mass is 253 g/mol. The van der Waals surface area contributed by atoms with E-state index in [1.807, 2.05) is 23.9 Å². The molecule has 1 fully saturated rings. The summed E-state index contributed by atoms with van der Waals surface area (Å²) in [5.41, 5.74) is 1.20. The van der Waals surface area contributed by atoms with E-state index in [0.717, 1.165) is 11.5 Å². The summed E-state index contributed by atoms with van der Waals surface area (Å²) in [7, 11) is 3.37. The molecular weight excluding hydrogens is 234 g/mol. The average molecular weight is 253 g/mol. The largest absolute Gasteiger partial charge is 0.497 e. The summed E-state index contributed by atoms with van der Waals surface area (Å²) in [5, 5.41) is 3.91. The molecule has 0 aliphatic carbocycles. The second-order valence-corrected chi connectivity index (χ2v) is 5.43. The van der Waals surface area contributed by atoms with E-state index in [4.69, 9.17) is 9.47 Å². The molecule has 0 amide bonds. The van der Waals surface area contributed by atoms with Crippen molar-refractivity contribution in [1.82, 2.24) is 5.32 Å². The molecule has 3 nitrogen and oxygen atoms in total. The number of rotatable bonds is 3. The first kappa shape index (κ1) is 12.6. The lowest BCUT2D eigenvalue weighted by atomic mass is 10.1. The molecule has 0 bridgehead atoms. The van der Waals surface area contributed by atoms with Crippen LogP contribution in [0.3, 0.4) is 0 Å². The predicted octanol–water partition coefficient (Wildman–Crippen LogP) is 2.82. The summed E-state index contributed by atoms with van der Waals surface area (Å²) in [4.78, 5) is 0. The number of methoxy groups -OCH3 is 2. The Morgan fingerprint density at radius 2 is 2.12 bits per heavy atom. The normalized spacial score (nSPS) is 24.4. The van der Waals surface area contributed by atoms with Crippen LogP contribution in [0.25, 0.3) is 0 Å². The van der Waals surface area contributed by atoms with E-state index in [2.05, 4.69) is 18.3 Å². The van der Waals surface area contributed by atoms with Gasteiger partial charge in [0.25, 0.3) is 0 Å². The zero-order chi connectivity index (χ0) is 12.3. The molecule has 1 aliphatic rings. The van der Waals surface area contributed by atoms with Crippen molar-refractivity contribution in [3.8, 4) is 11.5 Å². The molecule has 1 aromatic rings. The second kappa shape index (κ2) is 5.65. The quantitative estimate of drug-likeness (QED) is 0.897. The van der Waals surface area contributed by atoms with E-state index < -0.39 is 0 Å². The topological polar surface area (TPSA) is 30.5 Å². The average Bonchev–Trinajstić information content (AvgIpc) is 2.38. The van der Waals surface area contributed by atoms with E-state index in [-0.39, 0.29) is 0 Å². The standard InChI is InChI=1S/C13H19NO2S/c1-9-6-7-17-13(14-9)11-5-4-10(15-2)8-12(11)16-3/h4-5,8-9,13-14H,6-7H2,1-3H3. The molecular formula is C13H19NO2S. The maximum atomic E-state index is 5.44. The Morgan fingerprint density at radius 3 is 2.76 bits per heavy atom. The Labute approximate surface area is 107 Å². The van der Waals surface area contributed by atoms with Crippen LogP contribution in [-0.2, 0) is 0 Å². The summed E-state index contributed by atoms with van der Waals surface area (Å²) in [6.07, 6.45) is 1.22. The molecule has 17 heavy (non-hydrogen) atoms. The van der Waals surface area contributed by atoms with Crippen LogP contribution in [0.1, 0.15) is 24.3 Å². The number of hydrogen-bond acceptors (Lipinski definition) is 4. The summed E-state index contributed by atoms with van der Waals surface area (Å²) >= 11 is 1.93. The Bertz CT molecular complexity index is 384. The molecule has 1 saturated heterocycles. The van der Waals surface area contributed by atoms with E-state index in [1.165, 1.54) is 17.7 Å². The fraction of sp³-hybridized carbons (Fsp3) is 0.538. The van der Waals surface area contributed by atoms with Crippen LogP contribution in [0.15, 0.2) is 18.2 Å². The minimum atomic E-state index is 0.319. The lowest BCUT2D eigenvalue weighted by molar-refractivity contribution is 0.387. The maximum absolute atomic E-state index is 5.44. The molecule has 2 rings (SSSR count). The fourth-order valence-electron chi connectivity index (χ4n) is 1.97. The van der Waals surface area contributed by atoms with E-state index in [1.54, 1.807) is 14.2 Å². The summed E-state index contributed by atoms with van der Waals surface area (Å²) in [6, 6.07) is 6.57. The van der Waals surface area contributed by atoms with Gasteiger partial charge in [0.05, 0.1) is 19.6 Å². The SMILES string of the molecule is COc1ccc(C2NC(C)CCS2)c(OC)c1. The van der Waals surface area contributed by atoms with E-state index >= 15 is 0 Å². The molecule has 2 unspecified atom stereocenters. The van der Waals surface area contributed by atoms with Gasteiger partial charge in [-0.3, -0.25) is 5.32 Å². The first-order valence-electron chi connectivity index (χ1n) is 5.84. The summed E-state index contributed by atoms with van der Waals surface area (Å²) < 4.78 is 10.7. The highest BCUT2D eigenvalue weighted by atomic mass is 32.2. The molecule has 1 N–H and O–H groups in total. The van der Waals surface area contributed by atoms with Gasteiger partial charge in [0.15, 0.2) is 0 Å². The summed E-state index contributed by atoms with van der Waals surface area (Å²) in [6.45, 7) is 2.22. The second-order valence-electron chi connectivity index (χ2n) is 4.22. The van der Waals surface area contributed by atoms with Crippen LogP contribution in [0.2, 0.25) is 0 Å². The number of ether oxygens (including phenoxy) is 2. The van der Waals surface area contributed by atoms with Crippen molar-refractivity contribution < 1.29 is 9.47 Å². The van der Waals surface area contributed by atoms with Crippen LogP contribution >= 0.6 is 11.8 Å². The van der Waals surface area contributed by atoms with Gasteiger partial charge in [0.1, 0.15) is 11.5 Å². The molecule has 0 aromatic heterocycles. The van der Waals surface area contributed by atoms with Gasteiger partial charge in [0, 0.05) is 17.7 Å². The third-order valence-electron chi connectivity index (χ3n) is 2.99. The van der Waals surface area contributed by atoms with Crippen molar-refractivity contribution >= 4 is 11.8 Å². The zero-order valence-corrected chi connectivity index (χ0v) is 11.3. The smallest absolute Gasteiger partial charge is 0.128 e. The molecule has 4 heteroatoms. The Kier molecular flexibility index (Phi) is 4.18. The summed E-state index contributed by atoms with van der Waals surface area (Å²) in [5.74, 6) is 2.91. The van der Waals surface area contributed by atoms with Crippen LogP contribution in [0, 0.1) is 0 Å². The first-order valence-corrected chi connectivity index (χ1v) is 6.89. The van der Waals surface area contributed by atoms with Crippen molar-refractivity contribution in [2.45, 2.75) is 24.8 Å². The van der Waals surface area contributed by atoms with Crippen LogP contribution in [0.4, 0.5) is 0 Å². The number of thioether (sulfide) groups is 1. The van der Waals surface area contributed by atoms with Gasteiger partial charge in [-0.05, 0) is 31.2 Å². The number of hydrogen-bond donors (Lipinski definition) is 1. The Morgan fingerprint density at radius 1 is 1.29 bits per heavy atom. The van der Waals surface area contributed by atoms with Crippen LogP contribution < -0.4 is 14.8 Å². The van der Waals surface area contributed by atoms with Crippen molar-refractivity contribution in [3.63, 3.8) is 0 Å². The lowest BCUT2D eigenvalue weighted by Gasteiger charge is -2.29. The highest BCUT2D eigenvalue weighted by Crippen LogP contribution is 2.38. The third kappa shape index (κ3) is 2.87. The number of nitrogens with one attached hydrogen (secondary N) is 1. The Hall–Kier alpha value is -0.870. The van der Waals surface area contributed by atoms with E-state index in [0.29, 0.717) is 11.4 Å². The fourth-order valence-corrected chi connectivity index (χ4v) is 3.40. The van der Waals surface area contributed by atoms with Crippen molar-refractivity contribution in [3.05, 3.63) is 23.8 Å². The molecule has 2 atom stereocenters. The lowest BCUT2D eigenvalue weighted by Crippen LogP contribution is -2.33. The zero-order valence-electron chi connectivity index (χ0n) is 10.5. The predicted molar refractivity (Wildman–Crippen MR) is 72.0 cm³/mol. The van der Waals surface area contributed by atoms with Gasteiger partial charge in [0.2, 0.25) is 0 Å². The third-order valence-corrected chi connectivity index (χ3v) is 4.19. The Balaban J connectivity index is 2.24. The van der Waals surface area contributed by atoms with Crippen molar-refractivity contribution in [1.29, 1.82) is 0 Å². The van der Waals surface area contributed by atoms with Crippen LogP contribution in [-0.4, -0.2) is 26.0 Å². The molecule has 0 spiro atoms. The van der Waals surface area contributed by atoms with Gasteiger partial charge in [-0.15, -0.1) is 11.8 Å². The van der Waals surface area contributed by atoms with Crippen molar-refractivity contribution in [2.75, 3.05) is 20.0 Å². The molecule has 1 aliphatic heterocycles. The molecule has 94 valence electrons. The van der Waals surface area contributed by atoms with Gasteiger partial charge in [-0.1, -0.05) is 0 Å². The van der Waals surface area contributed by atoms with Gasteiger partial charge < -0.3 is 9.47 Å². The van der Waals surface area contributed by atoms with E-state index in [9.17, 15) is 0 Å². The van der Waals surface area contributed by atoms with Crippen molar-refractivity contribution in [2.24, 2.45) is 0 Å². The highest BCUT2D eigenvalue weighted by Gasteiger charge is 2.22. The van der Waals surface area contributed by atoms with Gasteiger partial charge in [-0.25, -0.2) is 0 Å². The molecule has 0 saturated carbocycles. The van der Waals surface area contributed by atoms with Gasteiger partial charge in [-0.2, -0.15) is 0 Å². The molecule has 1 heterocycles. The first-order chi connectivity index (χ1) is 8.24.